The van der Waals surface area contributed by atoms with Crippen LogP contribution in [0.2, 0.25) is 0 Å². The lowest BCUT2D eigenvalue weighted by Gasteiger charge is -2.39. The smallest absolute Gasteiger partial charge is 0.00780 e. The third-order valence-electron chi connectivity index (χ3n) is 3.26. The van der Waals surface area contributed by atoms with E-state index < -0.39 is 0 Å². The van der Waals surface area contributed by atoms with Crippen molar-refractivity contribution in [3.8, 4) is 0 Å². The van der Waals surface area contributed by atoms with Crippen molar-refractivity contribution < 1.29 is 0 Å². The predicted molar refractivity (Wildman–Crippen MR) is 47.5 cm³/mol. The van der Waals surface area contributed by atoms with Gasteiger partial charge in [-0.25, -0.2) is 0 Å². The normalized spacial score (nSPS) is 47.7. The molecule has 0 aromatic heterocycles. The van der Waals surface area contributed by atoms with Gasteiger partial charge < -0.3 is 5.32 Å². The Labute approximate surface area is 69.6 Å². The van der Waals surface area contributed by atoms with Crippen LogP contribution in [0.1, 0.15) is 40.0 Å². The Balaban J connectivity index is 2.19. The summed E-state index contributed by atoms with van der Waals surface area (Å²) in [5, 5.41) is 3.61. The van der Waals surface area contributed by atoms with Gasteiger partial charge in [-0.1, -0.05) is 20.8 Å². The molecule has 1 aliphatic heterocycles. The van der Waals surface area contributed by atoms with Crippen LogP contribution in [0.3, 0.4) is 0 Å². The van der Waals surface area contributed by atoms with E-state index in [1.807, 2.05) is 0 Å². The third kappa shape index (κ3) is 1.31. The Morgan fingerprint density at radius 3 is 2.55 bits per heavy atom. The van der Waals surface area contributed by atoms with E-state index in [1.165, 1.54) is 25.8 Å². The second-order valence-electron chi connectivity index (χ2n) is 5.64. The fourth-order valence-corrected chi connectivity index (χ4v) is 3.30. The Kier molecular flexibility index (Phi) is 1.39. The zero-order chi connectivity index (χ0) is 8.11. The average molecular weight is 153 g/mol. The fourth-order valence-electron chi connectivity index (χ4n) is 3.30. The molecule has 1 saturated carbocycles. The van der Waals surface area contributed by atoms with Crippen LogP contribution in [0.15, 0.2) is 0 Å². The van der Waals surface area contributed by atoms with Gasteiger partial charge in [0.05, 0.1) is 0 Å². The first-order valence-electron chi connectivity index (χ1n) is 4.73. The number of hydrogen-bond donors (Lipinski definition) is 1. The molecule has 0 amide bonds. The van der Waals surface area contributed by atoms with E-state index in [0.717, 1.165) is 6.04 Å². The van der Waals surface area contributed by atoms with E-state index in [2.05, 4.69) is 26.1 Å². The molecule has 0 spiro atoms. The molecule has 1 heterocycles. The number of hydrogen-bond acceptors (Lipinski definition) is 1. The minimum Gasteiger partial charge on any atom is -0.313 e. The topological polar surface area (TPSA) is 12.0 Å². The molecule has 11 heavy (non-hydrogen) atoms. The van der Waals surface area contributed by atoms with Crippen LogP contribution in [0.25, 0.3) is 0 Å². The lowest BCUT2D eigenvalue weighted by Crippen LogP contribution is -2.33. The van der Waals surface area contributed by atoms with Gasteiger partial charge in [0, 0.05) is 12.6 Å². The van der Waals surface area contributed by atoms with Crippen LogP contribution in [0.4, 0.5) is 0 Å². The Morgan fingerprint density at radius 2 is 1.91 bits per heavy atom. The maximum atomic E-state index is 3.61. The van der Waals surface area contributed by atoms with Crippen LogP contribution in [0.5, 0.6) is 0 Å². The van der Waals surface area contributed by atoms with Crippen LogP contribution < -0.4 is 5.32 Å². The molecule has 2 atom stereocenters. The summed E-state index contributed by atoms with van der Waals surface area (Å²) in [7, 11) is 0. The van der Waals surface area contributed by atoms with Crippen LogP contribution in [0, 0.1) is 10.8 Å². The summed E-state index contributed by atoms with van der Waals surface area (Å²) in [5.41, 5.74) is 1.20. The average Bonchev–Trinajstić information content (AvgIpc) is 2.03. The lowest BCUT2D eigenvalue weighted by atomic mass is 9.65. The van der Waals surface area contributed by atoms with Crippen molar-refractivity contribution in [2.75, 3.05) is 6.54 Å². The molecule has 0 radical (unpaired) electrons. The first-order chi connectivity index (χ1) is 4.99. The second-order valence-corrected chi connectivity index (χ2v) is 5.64. The largest absolute Gasteiger partial charge is 0.313 e. The van der Waals surface area contributed by atoms with Gasteiger partial charge in [0.15, 0.2) is 0 Å². The molecule has 2 bridgehead atoms. The first kappa shape index (κ1) is 7.60. The summed E-state index contributed by atoms with van der Waals surface area (Å²) in [6.07, 6.45) is 4.20. The molecule has 1 nitrogen and oxygen atoms in total. The Bertz CT molecular complexity index is 174. The second kappa shape index (κ2) is 2.01. The highest BCUT2D eigenvalue weighted by Crippen LogP contribution is 2.48. The highest BCUT2D eigenvalue weighted by atomic mass is 15.0. The zero-order valence-electron chi connectivity index (χ0n) is 7.91. The lowest BCUT2D eigenvalue weighted by molar-refractivity contribution is 0.135. The number of nitrogens with one attached hydrogen (secondary N) is 1. The predicted octanol–water partition coefficient (Wildman–Crippen LogP) is 2.17. The summed E-state index contributed by atoms with van der Waals surface area (Å²) >= 11 is 0. The van der Waals surface area contributed by atoms with Crippen LogP contribution >= 0.6 is 0 Å². The highest BCUT2D eigenvalue weighted by Gasteiger charge is 2.45. The van der Waals surface area contributed by atoms with Crippen molar-refractivity contribution in [3.63, 3.8) is 0 Å². The van der Waals surface area contributed by atoms with E-state index in [0.29, 0.717) is 10.8 Å². The minimum absolute atomic E-state index is 0.584. The molecule has 2 fully saturated rings. The minimum atomic E-state index is 0.584. The van der Waals surface area contributed by atoms with Crippen molar-refractivity contribution in [3.05, 3.63) is 0 Å². The molecule has 2 rings (SSSR count). The number of fused-ring (bicyclic) bond motifs is 2. The summed E-state index contributed by atoms with van der Waals surface area (Å²) in [4.78, 5) is 0. The van der Waals surface area contributed by atoms with Gasteiger partial charge >= 0.3 is 0 Å². The molecule has 1 N–H and O–H groups in total. The molecule has 64 valence electrons. The van der Waals surface area contributed by atoms with Crippen LogP contribution in [-0.4, -0.2) is 12.6 Å². The molecule has 0 aromatic carbocycles. The summed E-state index contributed by atoms with van der Waals surface area (Å²) in [5.74, 6) is 0. The van der Waals surface area contributed by atoms with E-state index in [9.17, 15) is 0 Å². The maximum absolute atomic E-state index is 3.61. The molecular formula is C10H19N. The van der Waals surface area contributed by atoms with Crippen molar-refractivity contribution in [2.45, 2.75) is 46.1 Å². The molecule has 1 saturated heterocycles. The zero-order valence-corrected chi connectivity index (χ0v) is 7.91. The van der Waals surface area contributed by atoms with Gasteiger partial charge in [-0.15, -0.1) is 0 Å². The highest BCUT2D eigenvalue weighted by molar-refractivity contribution is 5.00. The van der Waals surface area contributed by atoms with Crippen molar-refractivity contribution >= 4 is 0 Å². The first-order valence-corrected chi connectivity index (χ1v) is 4.73. The number of rotatable bonds is 0. The van der Waals surface area contributed by atoms with Crippen molar-refractivity contribution in [1.82, 2.24) is 5.32 Å². The monoisotopic (exact) mass is 153 g/mol. The summed E-state index contributed by atoms with van der Waals surface area (Å²) < 4.78 is 0. The van der Waals surface area contributed by atoms with Crippen LogP contribution in [-0.2, 0) is 0 Å². The van der Waals surface area contributed by atoms with Gasteiger partial charge in [0.2, 0.25) is 0 Å². The van der Waals surface area contributed by atoms with Gasteiger partial charge in [-0.3, -0.25) is 0 Å². The van der Waals surface area contributed by atoms with Gasteiger partial charge in [0.25, 0.3) is 0 Å². The van der Waals surface area contributed by atoms with E-state index in [-0.39, 0.29) is 0 Å². The molecule has 0 aromatic rings. The molecule has 2 aliphatic rings. The quantitative estimate of drug-likeness (QED) is 0.562. The van der Waals surface area contributed by atoms with Crippen molar-refractivity contribution in [1.29, 1.82) is 0 Å². The molecular weight excluding hydrogens is 134 g/mol. The summed E-state index contributed by atoms with van der Waals surface area (Å²) in [6.45, 7) is 8.50. The van der Waals surface area contributed by atoms with E-state index >= 15 is 0 Å². The van der Waals surface area contributed by atoms with Gasteiger partial charge in [-0.2, -0.15) is 0 Å². The summed E-state index contributed by atoms with van der Waals surface area (Å²) in [6, 6.07) is 0.823. The standard InChI is InChI=1S/C10H19N/c1-9(2)4-8-5-10(3,6-9)7-11-8/h8,11H,4-7H2,1-3H3/t8-,10+/m1/s1. The van der Waals surface area contributed by atoms with E-state index in [1.54, 1.807) is 0 Å². The fraction of sp³-hybridized carbons (Fsp3) is 1.00. The van der Waals surface area contributed by atoms with Gasteiger partial charge in [-0.05, 0) is 30.1 Å². The Morgan fingerprint density at radius 1 is 1.18 bits per heavy atom. The SMILES string of the molecule is CC1(C)C[C@@H]2C[C@](C)(CN2)C1. The van der Waals surface area contributed by atoms with E-state index in [4.69, 9.17) is 0 Å². The molecule has 1 aliphatic carbocycles. The Hall–Kier alpha value is -0.0400. The van der Waals surface area contributed by atoms with Crippen molar-refractivity contribution in [2.24, 2.45) is 10.8 Å². The maximum Gasteiger partial charge on any atom is 0.00780 e. The molecule has 0 unspecified atom stereocenters. The molecule has 1 heteroatoms. The third-order valence-corrected chi connectivity index (χ3v) is 3.26. The van der Waals surface area contributed by atoms with Gasteiger partial charge in [0.1, 0.15) is 0 Å².